The molecule has 1 aliphatic heterocycles. The third-order valence-electron chi connectivity index (χ3n) is 2.59. The van der Waals surface area contributed by atoms with Crippen LogP contribution < -0.4 is 0 Å². The number of cyclic esters (lactones) is 2. The number of rotatable bonds is 2. The fraction of sp³-hybridized carbons (Fsp3) is 0.167. The van der Waals surface area contributed by atoms with Crippen LogP contribution in [0.2, 0.25) is 0 Å². The summed E-state index contributed by atoms with van der Waals surface area (Å²) >= 11 is 0. The van der Waals surface area contributed by atoms with Crippen LogP contribution in [-0.4, -0.2) is 38.1 Å². The van der Waals surface area contributed by atoms with Gasteiger partial charge in [0.15, 0.2) is 0 Å². The smallest absolute Gasteiger partial charge is 0.346 e. The first-order valence-electron chi connectivity index (χ1n) is 5.10. The van der Waals surface area contributed by atoms with Crippen molar-refractivity contribution >= 4 is 23.9 Å². The maximum atomic E-state index is 11.6. The topological polar surface area (TPSA) is 96.0 Å². The summed E-state index contributed by atoms with van der Waals surface area (Å²) in [6, 6.07) is 2.17. The molecular formula is C12H8O7. The average molecular weight is 264 g/mol. The predicted molar refractivity (Wildman–Crippen MR) is 58.9 cm³/mol. The minimum atomic E-state index is -0.874. The first-order valence-corrected chi connectivity index (χ1v) is 5.10. The zero-order valence-corrected chi connectivity index (χ0v) is 10.0. The Morgan fingerprint density at radius 1 is 0.895 bits per heavy atom. The maximum Gasteiger partial charge on any atom is 0.346 e. The molecule has 0 amide bonds. The van der Waals surface area contributed by atoms with E-state index in [1.165, 1.54) is 0 Å². The first kappa shape index (κ1) is 12.7. The lowest BCUT2D eigenvalue weighted by molar-refractivity contribution is 0.0443. The number of esters is 4. The van der Waals surface area contributed by atoms with Gasteiger partial charge in [0.25, 0.3) is 0 Å². The molecule has 0 fully saturated rings. The summed E-state index contributed by atoms with van der Waals surface area (Å²) in [4.78, 5) is 45.9. The highest BCUT2D eigenvalue weighted by Crippen LogP contribution is 2.25. The van der Waals surface area contributed by atoms with Crippen molar-refractivity contribution in [2.24, 2.45) is 0 Å². The number of carbonyl (C=O) groups excluding carboxylic acids is 4. The second kappa shape index (κ2) is 4.52. The second-order valence-corrected chi connectivity index (χ2v) is 3.60. The molecule has 1 aliphatic rings. The molecule has 1 aromatic carbocycles. The van der Waals surface area contributed by atoms with Gasteiger partial charge in [0.2, 0.25) is 0 Å². The lowest BCUT2D eigenvalue weighted by Gasteiger charge is -2.07. The van der Waals surface area contributed by atoms with E-state index in [-0.39, 0.29) is 22.3 Å². The van der Waals surface area contributed by atoms with Crippen molar-refractivity contribution in [2.75, 3.05) is 14.2 Å². The van der Waals surface area contributed by atoms with Gasteiger partial charge >= 0.3 is 23.9 Å². The molecule has 0 radical (unpaired) electrons. The monoisotopic (exact) mass is 264 g/mol. The summed E-state index contributed by atoms with van der Waals surface area (Å²) in [6.45, 7) is 0. The van der Waals surface area contributed by atoms with Crippen LogP contribution >= 0.6 is 0 Å². The van der Waals surface area contributed by atoms with Crippen LogP contribution in [0.1, 0.15) is 41.4 Å². The summed E-state index contributed by atoms with van der Waals surface area (Å²) in [6.07, 6.45) is 0. The van der Waals surface area contributed by atoms with Crippen LogP contribution in [0.4, 0.5) is 0 Å². The van der Waals surface area contributed by atoms with Crippen molar-refractivity contribution in [3.63, 3.8) is 0 Å². The number of carbonyl (C=O) groups is 4. The Bertz CT molecular complexity index is 562. The number of benzene rings is 1. The van der Waals surface area contributed by atoms with Gasteiger partial charge in [0.05, 0.1) is 36.5 Å². The maximum absolute atomic E-state index is 11.6. The van der Waals surface area contributed by atoms with Gasteiger partial charge in [-0.1, -0.05) is 0 Å². The number of hydrogen-bond donors (Lipinski definition) is 0. The molecule has 2 rings (SSSR count). The zero-order valence-electron chi connectivity index (χ0n) is 10.0. The molecule has 0 saturated carbocycles. The van der Waals surface area contributed by atoms with Gasteiger partial charge in [0.1, 0.15) is 0 Å². The quantitative estimate of drug-likeness (QED) is 0.437. The molecule has 1 aromatic rings. The molecule has 0 bridgehead atoms. The SMILES string of the molecule is COC(=O)c1cc2c(cc1C(=O)OC)C(=O)OC2=O. The van der Waals surface area contributed by atoms with Gasteiger partial charge in [-0.3, -0.25) is 0 Å². The van der Waals surface area contributed by atoms with Gasteiger partial charge in [-0.15, -0.1) is 0 Å². The third-order valence-corrected chi connectivity index (χ3v) is 2.59. The lowest BCUT2D eigenvalue weighted by Crippen LogP contribution is -2.13. The fourth-order valence-corrected chi connectivity index (χ4v) is 1.69. The van der Waals surface area contributed by atoms with E-state index in [1.54, 1.807) is 0 Å². The van der Waals surface area contributed by atoms with Crippen LogP contribution in [0.15, 0.2) is 12.1 Å². The number of fused-ring (bicyclic) bond motifs is 1. The molecule has 0 spiro atoms. The van der Waals surface area contributed by atoms with Crippen LogP contribution in [0.3, 0.4) is 0 Å². The highest BCUT2D eigenvalue weighted by Gasteiger charge is 2.33. The van der Waals surface area contributed by atoms with Crippen molar-refractivity contribution in [3.8, 4) is 0 Å². The fourth-order valence-electron chi connectivity index (χ4n) is 1.69. The summed E-state index contributed by atoms with van der Waals surface area (Å²) in [7, 11) is 2.25. The van der Waals surface area contributed by atoms with E-state index in [0.29, 0.717) is 0 Å². The van der Waals surface area contributed by atoms with E-state index in [2.05, 4.69) is 14.2 Å². The Morgan fingerprint density at radius 3 is 1.58 bits per heavy atom. The highest BCUT2D eigenvalue weighted by molar-refractivity contribution is 6.17. The largest absolute Gasteiger partial charge is 0.465 e. The summed E-state index contributed by atoms with van der Waals surface area (Å²) in [5.74, 6) is -3.39. The number of ether oxygens (including phenoxy) is 3. The molecular weight excluding hydrogens is 256 g/mol. The Balaban J connectivity index is 2.69. The van der Waals surface area contributed by atoms with Crippen molar-refractivity contribution < 1.29 is 33.4 Å². The molecule has 0 aliphatic carbocycles. The zero-order chi connectivity index (χ0) is 14.2. The van der Waals surface area contributed by atoms with Crippen LogP contribution in [-0.2, 0) is 14.2 Å². The van der Waals surface area contributed by atoms with Crippen LogP contribution in [0.25, 0.3) is 0 Å². The molecule has 7 heteroatoms. The van der Waals surface area contributed by atoms with Crippen LogP contribution in [0.5, 0.6) is 0 Å². The minimum Gasteiger partial charge on any atom is -0.465 e. The van der Waals surface area contributed by atoms with E-state index < -0.39 is 23.9 Å². The second-order valence-electron chi connectivity index (χ2n) is 3.60. The highest BCUT2D eigenvalue weighted by atomic mass is 16.6. The molecule has 0 atom stereocenters. The summed E-state index contributed by atoms with van der Waals surface area (Å²) in [5, 5.41) is 0. The normalized spacial score (nSPS) is 12.7. The Kier molecular flexibility index (Phi) is 3.04. The van der Waals surface area contributed by atoms with Gasteiger partial charge in [-0.05, 0) is 12.1 Å². The summed E-state index contributed by atoms with van der Waals surface area (Å²) < 4.78 is 13.4. The van der Waals surface area contributed by atoms with Crippen molar-refractivity contribution in [1.29, 1.82) is 0 Å². The van der Waals surface area contributed by atoms with E-state index in [0.717, 1.165) is 26.4 Å². The molecule has 7 nitrogen and oxygen atoms in total. The molecule has 98 valence electrons. The standard InChI is InChI=1S/C12H8O7/c1-17-9(13)5-3-7-8(12(16)19-11(7)15)4-6(5)10(14)18-2/h3-4H,1-2H3. The third kappa shape index (κ3) is 1.95. The molecule has 0 aromatic heterocycles. The predicted octanol–water partition coefficient (Wildman–Crippen LogP) is 0.570. The Hall–Kier alpha value is -2.70. The first-order chi connectivity index (χ1) is 8.99. The van der Waals surface area contributed by atoms with Gasteiger partial charge in [0, 0.05) is 0 Å². The van der Waals surface area contributed by atoms with Gasteiger partial charge in [-0.25, -0.2) is 19.2 Å². The van der Waals surface area contributed by atoms with Crippen molar-refractivity contribution in [1.82, 2.24) is 0 Å². The average Bonchev–Trinajstić information content (AvgIpc) is 2.70. The van der Waals surface area contributed by atoms with E-state index in [4.69, 9.17) is 0 Å². The Labute approximate surface area is 107 Å². The Morgan fingerprint density at radius 2 is 1.26 bits per heavy atom. The molecule has 0 unspecified atom stereocenters. The summed E-state index contributed by atoms with van der Waals surface area (Å²) in [5.41, 5.74) is -0.504. The molecule has 1 heterocycles. The van der Waals surface area contributed by atoms with Crippen molar-refractivity contribution in [3.05, 3.63) is 34.4 Å². The lowest BCUT2D eigenvalue weighted by atomic mass is 9.99. The number of hydrogen-bond acceptors (Lipinski definition) is 7. The van der Waals surface area contributed by atoms with E-state index >= 15 is 0 Å². The molecule has 0 N–H and O–H groups in total. The van der Waals surface area contributed by atoms with Gasteiger partial charge in [-0.2, -0.15) is 0 Å². The van der Waals surface area contributed by atoms with Crippen molar-refractivity contribution in [2.45, 2.75) is 0 Å². The molecule has 19 heavy (non-hydrogen) atoms. The van der Waals surface area contributed by atoms with E-state index in [9.17, 15) is 19.2 Å². The number of methoxy groups -OCH3 is 2. The molecule has 0 saturated heterocycles. The minimum absolute atomic E-state index is 0.0851. The van der Waals surface area contributed by atoms with E-state index in [1.807, 2.05) is 0 Å². The van der Waals surface area contributed by atoms with Crippen LogP contribution in [0, 0.1) is 0 Å². The van der Waals surface area contributed by atoms with Gasteiger partial charge < -0.3 is 14.2 Å².